The molecule has 0 spiro atoms. The second-order valence-electron chi connectivity index (χ2n) is 6.80. The molecule has 1 aliphatic rings. The Hall–Kier alpha value is -2.57. The predicted octanol–water partition coefficient (Wildman–Crippen LogP) is 2.11. The van der Waals surface area contributed by atoms with Crippen LogP contribution >= 0.6 is 0 Å². The molecular formula is C20H29N3O4. The van der Waals surface area contributed by atoms with Crippen LogP contribution < -0.4 is 0 Å². The standard InChI is InChI=1S/C20H29N3O4/c1-4-27-20(26)22-12-10-18(11-13-22)23(16(2)24)15-19(25)21(3)14-17-8-6-5-7-9-17/h5-9,18H,4,10-15H2,1-3H3. The van der Waals surface area contributed by atoms with Gasteiger partial charge in [0.1, 0.15) is 0 Å². The first-order valence-electron chi connectivity index (χ1n) is 9.39. The fourth-order valence-electron chi connectivity index (χ4n) is 3.28. The van der Waals surface area contributed by atoms with Crippen LogP contribution in [0.5, 0.6) is 0 Å². The number of likely N-dealkylation sites (tertiary alicyclic amines) is 1. The molecule has 0 unspecified atom stereocenters. The van der Waals surface area contributed by atoms with Gasteiger partial charge in [-0.3, -0.25) is 9.59 Å². The van der Waals surface area contributed by atoms with E-state index >= 15 is 0 Å². The largest absolute Gasteiger partial charge is 0.450 e. The normalized spacial score (nSPS) is 14.6. The fraction of sp³-hybridized carbons (Fsp3) is 0.550. The van der Waals surface area contributed by atoms with Crippen molar-refractivity contribution in [3.05, 3.63) is 35.9 Å². The van der Waals surface area contributed by atoms with E-state index in [9.17, 15) is 14.4 Å². The molecule has 1 aromatic carbocycles. The van der Waals surface area contributed by atoms with Gasteiger partial charge in [0, 0.05) is 39.6 Å². The van der Waals surface area contributed by atoms with Crippen molar-refractivity contribution in [1.82, 2.24) is 14.7 Å². The lowest BCUT2D eigenvalue weighted by Gasteiger charge is -2.38. The lowest BCUT2D eigenvalue weighted by molar-refractivity contribution is -0.141. The summed E-state index contributed by atoms with van der Waals surface area (Å²) in [5.74, 6) is -0.215. The Labute approximate surface area is 160 Å². The van der Waals surface area contributed by atoms with Crippen molar-refractivity contribution in [2.24, 2.45) is 0 Å². The van der Waals surface area contributed by atoms with Crippen LogP contribution in [0.3, 0.4) is 0 Å². The van der Waals surface area contributed by atoms with Gasteiger partial charge in [-0.15, -0.1) is 0 Å². The molecule has 7 nitrogen and oxygen atoms in total. The highest BCUT2D eigenvalue weighted by Crippen LogP contribution is 2.18. The van der Waals surface area contributed by atoms with E-state index in [0.717, 1.165) is 5.56 Å². The molecule has 0 bridgehead atoms. The quantitative estimate of drug-likeness (QED) is 0.764. The van der Waals surface area contributed by atoms with E-state index in [1.54, 1.807) is 28.7 Å². The van der Waals surface area contributed by atoms with Crippen LogP contribution in [-0.4, -0.2) is 71.9 Å². The zero-order chi connectivity index (χ0) is 19.8. The highest BCUT2D eigenvalue weighted by molar-refractivity contribution is 5.84. The van der Waals surface area contributed by atoms with Gasteiger partial charge >= 0.3 is 6.09 Å². The Kier molecular flexibility index (Phi) is 7.64. The van der Waals surface area contributed by atoms with Gasteiger partial charge in [-0.2, -0.15) is 0 Å². The Bertz CT molecular complexity index is 642. The second kappa shape index (κ2) is 9.94. The maximum atomic E-state index is 12.6. The summed E-state index contributed by atoms with van der Waals surface area (Å²) < 4.78 is 5.02. The van der Waals surface area contributed by atoms with Gasteiger partial charge < -0.3 is 19.4 Å². The summed E-state index contributed by atoms with van der Waals surface area (Å²) >= 11 is 0. The van der Waals surface area contributed by atoms with E-state index in [2.05, 4.69) is 0 Å². The molecule has 0 radical (unpaired) electrons. The maximum absolute atomic E-state index is 12.6. The smallest absolute Gasteiger partial charge is 0.409 e. The monoisotopic (exact) mass is 375 g/mol. The van der Waals surface area contributed by atoms with Gasteiger partial charge in [0.15, 0.2) is 0 Å². The fourth-order valence-corrected chi connectivity index (χ4v) is 3.28. The third kappa shape index (κ3) is 5.98. The minimum Gasteiger partial charge on any atom is -0.450 e. The molecule has 2 rings (SSSR count). The number of nitrogens with zero attached hydrogens (tertiary/aromatic N) is 3. The van der Waals surface area contributed by atoms with Gasteiger partial charge in [0.05, 0.1) is 13.2 Å². The number of rotatable bonds is 6. The predicted molar refractivity (Wildman–Crippen MR) is 102 cm³/mol. The zero-order valence-electron chi connectivity index (χ0n) is 16.4. The first-order chi connectivity index (χ1) is 12.9. The molecular weight excluding hydrogens is 346 g/mol. The minimum atomic E-state index is -0.316. The number of carbonyl (C=O) groups is 3. The Balaban J connectivity index is 1.90. The maximum Gasteiger partial charge on any atom is 0.409 e. The van der Waals surface area contributed by atoms with Crippen molar-refractivity contribution in [2.45, 2.75) is 39.3 Å². The van der Waals surface area contributed by atoms with Gasteiger partial charge in [0.2, 0.25) is 11.8 Å². The van der Waals surface area contributed by atoms with Crippen LogP contribution in [0.1, 0.15) is 32.3 Å². The molecule has 0 aliphatic carbocycles. The second-order valence-corrected chi connectivity index (χ2v) is 6.80. The highest BCUT2D eigenvalue weighted by Gasteiger charge is 2.30. The molecule has 0 atom stereocenters. The van der Waals surface area contributed by atoms with Gasteiger partial charge in [-0.25, -0.2) is 4.79 Å². The van der Waals surface area contributed by atoms with E-state index in [-0.39, 0.29) is 30.5 Å². The van der Waals surface area contributed by atoms with Crippen molar-refractivity contribution < 1.29 is 19.1 Å². The number of hydrogen-bond donors (Lipinski definition) is 0. The lowest BCUT2D eigenvalue weighted by atomic mass is 10.0. The summed E-state index contributed by atoms with van der Waals surface area (Å²) in [7, 11) is 1.75. The number of benzene rings is 1. The van der Waals surface area contributed by atoms with Gasteiger partial charge in [-0.05, 0) is 25.3 Å². The van der Waals surface area contributed by atoms with Gasteiger partial charge in [0.25, 0.3) is 0 Å². The summed E-state index contributed by atoms with van der Waals surface area (Å²) in [6.07, 6.45) is 0.978. The van der Waals surface area contributed by atoms with E-state index in [1.807, 2.05) is 30.3 Å². The molecule has 0 saturated carbocycles. The summed E-state index contributed by atoms with van der Waals surface area (Å²) in [5.41, 5.74) is 1.05. The summed E-state index contributed by atoms with van der Waals surface area (Å²) in [6, 6.07) is 9.71. The Morgan fingerprint density at radius 2 is 1.78 bits per heavy atom. The molecule has 27 heavy (non-hydrogen) atoms. The molecule has 3 amide bonds. The highest BCUT2D eigenvalue weighted by atomic mass is 16.6. The first kappa shape index (κ1) is 20.7. The van der Waals surface area contributed by atoms with Crippen LogP contribution in [0, 0.1) is 0 Å². The average Bonchev–Trinajstić information content (AvgIpc) is 2.66. The van der Waals surface area contributed by atoms with Crippen LogP contribution in [0.25, 0.3) is 0 Å². The molecule has 0 aromatic heterocycles. The summed E-state index contributed by atoms with van der Waals surface area (Å²) in [4.78, 5) is 41.5. The van der Waals surface area contributed by atoms with Crippen LogP contribution in [0.15, 0.2) is 30.3 Å². The zero-order valence-corrected chi connectivity index (χ0v) is 16.4. The van der Waals surface area contributed by atoms with E-state index in [0.29, 0.717) is 39.1 Å². The molecule has 1 fully saturated rings. The molecule has 1 saturated heterocycles. The topological polar surface area (TPSA) is 70.2 Å². The van der Waals surface area contributed by atoms with E-state index < -0.39 is 0 Å². The van der Waals surface area contributed by atoms with E-state index in [1.165, 1.54) is 6.92 Å². The summed E-state index contributed by atoms with van der Waals surface area (Å²) in [6.45, 7) is 5.24. The number of amides is 3. The molecule has 0 N–H and O–H groups in total. The van der Waals surface area contributed by atoms with Crippen LogP contribution in [0.2, 0.25) is 0 Å². The molecule has 1 heterocycles. The third-order valence-electron chi connectivity index (χ3n) is 4.83. The Morgan fingerprint density at radius 3 is 2.33 bits per heavy atom. The lowest BCUT2D eigenvalue weighted by Crippen LogP contribution is -2.51. The van der Waals surface area contributed by atoms with Crippen molar-refractivity contribution in [3.8, 4) is 0 Å². The Morgan fingerprint density at radius 1 is 1.15 bits per heavy atom. The molecule has 7 heteroatoms. The third-order valence-corrected chi connectivity index (χ3v) is 4.83. The number of hydrogen-bond acceptors (Lipinski definition) is 4. The van der Waals surface area contributed by atoms with E-state index in [4.69, 9.17) is 4.74 Å². The van der Waals surface area contributed by atoms with Crippen molar-refractivity contribution >= 4 is 17.9 Å². The number of piperidine rings is 1. The number of likely N-dealkylation sites (N-methyl/N-ethyl adjacent to an activating group) is 1. The first-order valence-corrected chi connectivity index (χ1v) is 9.39. The SMILES string of the molecule is CCOC(=O)N1CCC(N(CC(=O)N(C)Cc2ccccc2)C(C)=O)CC1. The molecule has 1 aliphatic heterocycles. The van der Waals surface area contributed by atoms with Crippen molar-refractivity contribution in [3.63, 3.8) is 0 Å². The van der Waals surface area contributed by atoms with Gasteiger partial charge in [-0.1, -0.05) is 30.3 Å². The van der Waals surface area contributed by atoms with Crippen molar-refractivity contribution in [1.29, 1.82) is 0 Å². The number of carbonyl (C=O) groups excluding carboxylic acids is 3. The average molecular weight is 375 g/mol. The van der Waals surface area contributed by atoms with Crippen LogP contribution in [0.4, 0.5) is 4.79 Å². The van der Waals surface area contributed by atoms with Crippen LogP contribution in [-0.2, 0) is 20.9 Å². The number of ether oxygens (including phenoxy) is 1. The summed E-state index contributed by atoms with van der Waals surface area (Å²) in [5, 5.41) is 0. The molecule has 1 aromatic rings. The minimum absolute atomic E-state index is 0.0396. The molecule has 148 valence electrons. The van der Waals surface area contributed by atoms with Crippen molar-refractivity contribution in [2.75, 3.05) is 33.3 Å².